The second-order valence-electron chi connectivity index (χ2n) is 3.47. The van der Waals surface area contributed by atoms with Gasteiger partial charge in [0.25, 0.3) is 0 Å². The maximum atomic E-state index is 12.8. The minimum atomic E-state index is -1.27. The fourth-order valence-corrected chi connectivity index (χ4v) is 1.66. The molecule has 13 heavy (non-hydrogen) atoms. The van der Waals surface area contributed by atoms with Crippen LogP contribution in [0.3, 0.4) is 0 Å². The highest BCUT2D eigenvalue weighted by molar-refractivity contribution is 6.44. The first-order valence-electron chi connectivity index (χ1n) is 4.30. The van der Waals surface area contributed by atoms with Crippen molar-refractivity contribution in [1.82, 2.24) is 0 Å². The number of hydrogen-bond donors (Lipinski definition) is 2. The van der Waals surface area contributed by atoms with Gasteiger partial charge in [-0.2, -0.15) is 0 Å². The van der Waals surface area contributed by atoms with E-state index in [1.54, 1.807) is 6.07 Å². The van der Waals surface area contributed by atoms with Crippen LogP contribution in [0, 0.1) is 5.82 Å². The van der Waals surface area contributed by atoms with Crippen molar-refractivity contribution in [3.8, 4) is 0 Å². The zero-order valence-electron chi connectivity index (χ0n) is 7.02. The van der Waals surface area contributed by atoms with Crippen LogP contribution in [-0.2, 0) is 0 Å². The molecule has 0 aromatic heterocycles. The summed E-state index contributed by atoms with van der Waals surface area (Å²) in [4.78, 5) is 0. The molecule has 1 fully saturated rings. The van der Waals surface area contributed by atoms with Gasteiger partial charge in [0.15, 0.2) is 0 Å². The molecule has 0 radical (unpaired) electrons. The molecule has 0 spiro atoms. The van der Waals surface area contributed by atoms with E-state index < -0.39 is 7.12 Å². The average molecular weight is 180 g/mol. The second kappa shape index (κ2) is 3.12. The van der Waals surface area contributed by atoms with Gasteiger partial charge in [-0.3, -0.25) is 0 Å². The maximum absolute atomic E-state index is 12.8. The molecular weight excluding hydrogens is 170 g/mol. The highest BCUT2D eigenvalue weighted by Crippen LogP contribution is 2.53. The molecule has 1 aliphatic rings. The van der Waals surface area contributed by atoms with Crippen molar-refractivity contribution in [2.24, 2.45) is 0 Å². The fraction of sp³-hybridized carbons (Fsp3) is 0.333. The van der Waals surface area contributed by atoms with E-state index in [0.29, 0.717) is 0 Å². The SMILES string of the molecule is OB(O)C1CC1c1cccc(F)c1. The van der Waals surface area contributed by atoms with Crippen LogP contribution in [0.1, 0.15) is 17.9 Å². The van der Waals surface area contributed by atoms with Crippen LogP contribution in [-0.4, -0.2) is 17.2 Å². The molecule has 1 aromatic carbocycles. The first-order valence-corrected chi connectivity index (χ1v) is 4.30. The molecule has 0 bridgehead atoms. The van der Waals surface area contributed by atoms with Crippen LogP contribution in [0.5, 0.6) is 0 Å². The zero-order valence-corrected chi connectivity index (χ0v) is 7.02. The molecule has 0 saturated heterocycles. The van der Waals surface area contributed by atoms with Crippen molar-refractivity contribution < 1.29 is 14.4 Å². The molecule has 1 aromatic rings. The van der Waals surface area contributed by atoms with E-state index in [-0.39, 0.29) is 17.6 Å². The van der Waals surface area contributed by atoms with Gasteiger partial charge >= 0.3 is 7.12 Å². The summed E-state index contributed by atoms with van der Waals surface area (Å²) in [6.07, 6.45) is 0.737. The quantitative estimate of drug-likeness (QED) is 0.670. The van der Waals surface area contributed by atoms with E-state index in [1.165, 1.54) is 12.1 Å². The topological polar surface area (TPSA) is 40.5 Å². The summed E-state index contributed by atoms with van der Waals surface area (Å²) in [6.45, 7) is 0. The summed E-state index contributed by atoms with van der Waals surface area (Å²) < 4.78 is 12.8. The highest BCUT2D eigenvalue weighted by atomic mass is 19.1. The summed E-state index contributed by atoms with van der Waals surface area (Å²) in [5.41, 5.74) is 0.859. The Labute approximate surface area is 76.2 Å². The first kappa shape index (κ1) is 8.72. The molecule has 2 nitrogen and oxygen atoms in total. The van der Waals surface area contributed by atoms with Crippen molar-refractivity contribution in [1.29, 1.82) is 0 Å². The van der Waals surface area contributed by atoms with Gasteiger partial charge in [0.05, 0.1) is 0 Å². The second-order valence-corrected chi connectivity index (χ2v) is 3.47. The van der Waals surface area contributed by atoms with Crippen LogP contribution in [0.4, 0.5) is 4.39 Å². The Morgan fingerprint density at radius 3 is 2.69 bits per heavy atom. The van der Waals surface area contributed by atoms with Crippen molar-refractivity contribution in [2.45, 2.75) is 18.2 Å². The van der Waals surface area contributed by atoms with Gasteiger partial charge in [-0.25, -0.2) is 4.39 Å². The van der Waals surface area contributed by atoms with Gasteiger partial charge < -0.3 is 10.0 Å². The van der Waals surface area contributed by atoms with Gasteiger partial charge in [-0.05, 0) is 30.0 Å². The third-order valence-corrected chi connectivity index (χ3v) is 2.50. The monoisotopic (exact) mass is 180 g/mol. The number of benzene rings is 1. The van der Waals surface area contributed by atoms with E-state index >= 15 is 0 Å². The summed E-state index contributed by atoms with van der Waals surface area (Å²) in [5, 5.41) is 17.7. The Bertz CT molecular complexity index is 316. The van der Waals surface area contributed by atoms with Crippen molar-refractivity contribution in [3.05, 3.63) is 35.6 Å². The van der Waals surface area contributed by atoms with Crippen LogP contribution < -0.4 is 0 Å². The lowest BCUT2D eigenvalue weighted by Gasteiger charge is -1.99. The van der Waals surface area contributed by atoms with Crippen molar-refractivity contribution in [2.75, 3.05) is 0 Å². The van der Waals surface area contributed by atoms with Crippen molar-refractivity contribution in [3.63, 3.8) is 0 Å². The lowest BCUT2D eigenvalue weighted by atomic mass is 9.81. The van der Waals surface area contributed by atoms with Crippen LogP contribution >= 0.6 is 0 Å². The maximum Gasteiger partial charge on any atom is 0.455 e. The van der Waals surface area contributed by atoms with E-state index in [0.717, 1.165) is 12.0 Å². The standard InChI is InChI=1S/C9H10BFO2/c11-7-3-1-2-6(4-7)8-5-9(8)10(12)13/h1-4,8-9,12-13H,5H2. The fourth-order valence-electron chi connectivity index (χ4n) is 1.66. The molecule has 2 atom stereocenters. The third-order valence-electron chi connectivity index (χ3n) is 2.50. The Morgan fingerprint density at radius 1 is 1.38 bits per heavy atom. The summed E-state index contributed by atoms with van der Waals surface area (Å²) in [5.74, 6) is -0.256. The normalized spacial score (nSPS) is 25.8. The predicted molar refractivity (Wildman–Crippen MR) is 47.7 cm³/mol. The molecule has 0 heterocycles. The molecule has 2 unspecified atom stereocenters. The van der Waals surface area contributed by atoms with Gasteiger partial charge in [0.1, 0.15) is 5.82 Å². The molecule has 4 heteroatoms. The van der Waals surface area contributed by atoms with E-state index in [4.69, 9.17) is 10.0 Å². The van der Waals surface area contributed by atoms with Crippen LogP contribution in [0.2, 0.25) is 5.82 Å². The van der Waals surface area contributed by atoms with E-state index in [9.17, 15) is 4.39 Å². The van der Waals surface area contributed by atoms with Crippen LogP contribution in [0.25, 0.3) is 0 Å². The number of halogens is 1. The zero-order chi connectivity index (χ0) is 9.42. The lowest BCUT2D eigenvalue weighted by Crippen LogP contribution is -2.11. The smallest absolute Gasteiger partial charge is 0.427 e. The van der Waals surface area contributed by atoms with Gasteiger partial charge in [0.2, 0.25) is 0 Å². The van der Waals surface area contributed by atoms with E-state index in [1.807, 2.05) is 6.07 Å². The third kappa shape index (κ3) is 1.74. The van der Waals surface area contributed by atoms with Gasteiger partial charge in [-0.15, -0.1) is 0 Å². The molecule has 2 rings (SSSR count). The molecular formula is C9H10BFO2. The van der Waals surface area contributed by atoms with Gasteiger partial charge in [0, 0.05) is 5.82 Å². The Kier molecular flexibility index (Phi) is 2.10. The van der Waals surface area contributed by atoms with Gasteiger partial charge in [-0.1, -0.05) is 12.1 Å². The van der Waals surface area contributed by atoms with E-state index in [2.05, 4.69) is 0 Å². The average Bonchev–Trinajstić information content (AvgIpc) is 2.82. The number of rotatable bonds is 2. The molecule has 68 valence electrons. The summed E-state index contributed by atoms with van der Waals surface area (Å²) in [6, 6.07) is 6.29. The first-order chi connectivity index (χ1) is 6.18. The molecule has 0 amide bonds. The largest absolute Gasteiger partial charge is 0.455 e. The molecule has 2 N–H and O–H groups in total. The van der Waals surface area contributed by atoms with Crippen molar-refractivity contribution >= 4 is 7.12 Å². The Balaban J connectivity index is 2.12. The molecule has 1 saturated carbocycles. The minimum absolute atomic E-state index is 0.109. The van der Waals surface area contributed by atoms with Crippen LogP contribution in [0.15, 0.2) is 24.3 Å². The molecule has 1 aliphatic carbocycles. The summed E-state index contributed by atoms with van der Waals surface area (Å²) in [7, 11) is -1.27. The lowest BCUT2D eigenvalue weighted by molar-refractivity contribution is 0.402. The summed E-state index contributed by atoms with van der Waals surface area (Å²) >= 11 is 0. The predicted octanol–water partition coefficient (Wildman–Crippen LogP) is 1.16. The Morgan fingerprint density at radius 2 is 2.15 bits per heavy atom. The Hall–Kier alpha value is -0.865. The number of hydrogen-bond acceptors (Lipinski definition) is 2. The highest BCUT2D eigenvalue weighted by Gasteiger charge is 2.46. The molecule has 0 aliphatic heterocycles. The minimum Gasteiger partial charge on any atom is -0.427 e.